The number of carbonyl (C=O) groups is 6. The molecule has 0 bridgehead atoms. The fourth-order valence-corrected chi connectivity index (χ4v) is 5.19. The van der Waals surface area contributed by atoms with Crippen LogP contribution in [0.2, 0.25) is 0 Å². The predicted octanol–water partition coefficient (Wildman–Crippen LogP) is -2.71. The van der Waals surface area contributed by atoms with E-state index in [0.29, 0.717) is 6.42 Å². The highest BCUT2D eigenvalue weighted by molar-refractivity contribution is 5.96. The number of nitrogens with two attached hydrogens (primary N) is 3. The van der Waals surface area contributed by atoms with E-state index < -0.39 is 78.9 Å². The molecule has 0 spiro atoms. The summed E-state index contributed by atoms with van der Waals surface area (Å²) in [5, 5.41) is 29.1. The molecule has 12 N–H and O–H groups in total. The largest absolute Gasteiger partial charge is 0.480 e. The average molecular weight is 676 g/mol. The second-order valence-corrected chi connectivity index (χ2v) is 12.0. The number of nitrogens with zero attached hydrogens (tertiary/aromatic N) is 2. The Balaban J connectivity index is 2.09. The molecular formula is C31H49N9O8. The Morgan fingerprint density at radius 1 is 0.979 bits per heavy atom. The smallest absolute Gasteiger partial charge is 0.326 e. The van der Waals surface area contributed by atoms with Gasteiger partial charge in [-0.05, 0) is 50.0 Å². The molecule has 0 saturated carbocycles. The first kappa shape index (κ1) is 39.4. The van der Waals surface area contributed by atoms with Crippen LogP contribution in [0.25, 0.3) is 0 Å². The quantitative estimate of drug-likeness (QED) is 0.0413. The van der Waals surface area contributed by atoms with Crippen LogP contribution in [0.4, 0.5) is 0 Å². The number of rotatable bonds is 19. The van der Waals surface area contributed by atoms with E-state index in [2.05, 4.69) is 26.3 Å². The second kappa shape index (κ2) is 19.8. The standard InChI is InChI=1S/C31H49N9O8/c1-18(2)14-22(30(47)48)37-25(42)16-36-28(45)24-11-7-13-40(24)29(46)21(10-6-12-35-31(33)34)38-27(44)23(17-41)39-26(43)20(32)15-19-8-4-3-5-9-19/h3-5,8-9,18,20-24,41H,6-7,10-17,32H2,1-2H3,(H,36,45)(H,37,42)(H,38,44)(H,39,43)(H,47,48)(H4,33,34,35). The van der Waals surface area contributed by atoms with E-state index in [4.69, 9.17) is 17.2 Å². The Morgan fingerprint density at radius 2 is 1.65 bits per heavy atom. The second-order valence-electron chi connectivity index (χ2n) is 12.0. The van der Waals surface area contributed by atoms with E-state index in [9.17, 15) is 39.0 Å². The number of carboxylic acids is 1. The van der Waals surface area contributed by atoms with E-state index in [1.807, 2.05) is 19.9 Å². The summed E-state index contributed by atoms with van der Waals surface area (Å²) in [5.74, 6) is -4.78. The van der Waals surface area contributed by atoms with Crippen molar-refractivity contribution in [3.8, 4) is 0 Å². The van der Waals surface area contributed by atoms with Gasteiger partial charge in [-0.25, -0.2) is 4.79 Å². The zero-order valence-corrected chi connectivity index (χ0v) is 27.4. The van der Waals surface area contributed by atoms with Gasteiger partial charge < -0.3 is 53.6 Å². The fourth-order valence-electron chi connectivity index (χ4n) is 5.19. The predicted molar refractivity (Wildman–Crippen MR) is 176 cm³/mol. The minimum atomic E-state index is -1.42. The number of likely N-dealkylation sites (tertiary alicyclic amines) is 1. The van der Waals surface area contributed by atoms with Crippen LogP contribution in [0.5, 0.6) is 0 Å². The van der Waals surface area contributed by atoms with Gasteiger partial charge in [-0.1, -0.05) is 44.2 Å². The molecule has 1 aromatic carbocycles. The number of guanidine groups is 1. The normalized spacial score (nSPS) is 16.6. The third kappa shape index (κ3) is 13.2. The van der Waals surface area contributed by atoms with Gasteiger partial charge in [-0.3, -0.25) is 29.0 Å². The molecule has 1 aliphatic heterocycles. The zero-order valence-electron chi connectivity index (χ0n) is 27.4. The Morgan fingerprint density at radius 3 is 2.25 bits per heavy atom. The molecule has 1 heterocycles. The number of carbonyl (C=O) groups excluding carboxylic acids is 5. The number of aliphatic imine (C=N–C) groups is 1. The maximum Gasteiger partial charge on any atom is 0.326 e. The minimum Gasteiger partial charge on any atom is -0.480 e. The van der Waals surface area contributed by atoms with Crippen molar-refractivity contribution >= 4 is 41.5 Å². The van der Waals surface area contributed by atoms with Crippen LogP contribution in [0.3, 0.4) is 0 Å². The van der Waals surface area contributed by atoms with Crippen molar-refractivity contribution in [2.45, 2.75) is 82.6 Å². The topological polar surface area (TPSA) is 285 Å². The number of carboxylic acid groups (broad SMARTS) is 1. The molecule has 266 valence electrons. The van der Waals surface area contributed by atoms with Crippen molar-refractivity contribution in [3.63, 3.8) is 0 Å². The maximum atomic E-state index is 13.8. The number of aliphatic carboxylic acids is 1. The average Bonchev–Trinajstić information content (AvgIpc) is 3.53. The first-order valence-electron chi connectivity index (χ1n) is 15.9. The lowest BCUT2D eigenvalue weighted by atomic mass is 10.0. The van der Waals surface area contributed by atoms with Crippen molar-refractivity contribution < 1.29 is 39.0 Å². The molecule has 1 saturated heterocycles. The van der Waals surface area contributed by atoms with E-state index in [1.54, 1.807) is 24.3 Å². The SMILES string of the molecule is CC(C)CC(NC(=O)CNC(=O)C1CCCN1C(=O)C(CCCN=C(N)N)NC(=O)C(CO)NC(=O)C(N)Cc1ccccc1)C(=O)O. The van der Waals surface area contributed by atoms with Gasteiger partial charge in [-0.15, -0.1) is 0 Å². The lowest BCUT2D eigenvalue weighted by molar-refractivity contribution is -0.143. The molecule has 1 aromatic rings. The molecule has 1 fully saturated rings. The van der Waals surface area contributed by atoms with Crippen molar-refractivity contribution in [2.24, 2.45) is 28.1 Å². The van der Waals surface area contributed by atoms with Gasteiger partial charge in [0.2, 0.25) is 29.5 Å². The summed E-state index contributed by atoms with van der Waals surface area (Å²) in [5.41, 5.74) is 17.6. The van der Waals surface area contributed by atoms with E-state index in [-0.39, 0.29) is 57.1 Å². The Kier molecular flexibility index (Phi) is 16.2. The number of amides is 5. The van der Waals surface area contributed by atoms with Gasteiger partial charge in [-0.2, -0.15) is 0 Å². The van der Waals surface area contributed by atoms with Crippen molar-refractivity contribution in [1.29, 1.82) is 0 Å². The molecule has 0 aliphatic carbocycles. The maximum absolute atomic E-state index is 13.8. The van der Waals surface area contributed by atoms with Gasteiger partial charge in [0, 0.05) is 13.1 Å². The van der Waals surface area contributed by atoms with Gasteiger partial charge in [0.05, 0.1) is 19.2 Å². The van der Waals surface area contributed by atoms with E-state index in [1.165, 1.54) is 4.90 Å². The Bertz CT molecular complexity index is 1290. The van der Waals surface area contributed by atoms with Crippen LogP contribution in [-0.4, -0.2) is 113 Å². The highest BCUT2D eigenvalue weighted by atomic mass is 16.4. The molecule has 2 rings (SSSR count). The summed E-state index contributed by atoms with van der Waals surface area (Å²) in [6.07, 6.45) is 1.47. The molecule has 5 unspecified atom stereocenters. The van der Waals surface area contributed by atoms with Gasteiger partial charge >= 0.3 is 5.97 Å². The fraction of sp³-hybridized carbons (Fsp3) is 0.581. The van der Waals surface area contributed by atoms with Crippen LogP contribution < -0.4 is 38.5 Å². The molecule has 5 amide bonds. The van der Waals surface area contributed by atoms with Crippen LogP contribution >= 0.6 is 0 Å². The number of benzene rings is 1. The van der Waals surface area contributed by atoms with Gasteiger partial charge in [0.25, 0.3) is 0 Å². The van der Waals surface area contributed by atoms with Crippen LogP contribution in [0, 0.1) is 5.92 Å². The molecule has 0 aromatic heterocycles. The van der Waals surface area contributed by atoms with Gasteiger partial charge in [0.15, 0.2) is 5.96 Å². The first-order chi connectivity index (χ1) is 22.7. The summed E-state index contributed by atoms with van der Waals surface area (Å²) in [6.45, 7) is 2.68. The number of hydrogen-bond donors (Lipinski definition) is 9. The molecule has 0 radical (unpaired) electrons. The van der Waals surface area contributed by atoms with Crippen LogP contribution in [0.15, 0.2) is 35.3 Å². The summed E-state index contributed by atoms with van der Waals surface area (Å²) >= 11 is 0. The lowest BCUT2D eigenvalue weighted by Crippen LogP contribution is -2.58. The Hall–Kier alpha value is -4.77. The van der Waals surface area contributed by atoms with Crippen molar-refractivity contribution in [3.05, 3.63) is 35.9 Å². The molecule has 1 aliphatic rings. The van der Waals surface area contributed by atoms with Crippen molar-refractivity contribution in [2.75, 3.05) is 26.2 Å². The highest BCUT2D eigenvalue weighted by Crippen LogP contribution is 2.20. The molecular weight excluding hydrogens is 626 g/mol. The summed E-state index contributed by atoms with van der Waals surface area (Å²) in [6, 6.07) is 3.31. The molecule has 17 heteroatoms. The zero-order chi connectivity index (χ0) is 35.8. The molecule has 5 atom stereocenters. The minimum absolute atomic E-state index is 0.00750. The number of hydrogen-bond acceptors (Lipinski definition) is 9. The third-order valence-electron chi connectivity index (χ3n) is 7.61. The number of aliphatic hydroxyl groups excluding tert-OH is 1. The number of nitrogens with one attached hydrogen (secondary N) is 4. The van der Waals surface area contributed by atoms with Gasteiger partial charge in [0.1, 0.15) is 24.2 Å². The first-order valence-corrected chi connectivity index (χ1v) is 15.9. The number of aliphatic hydroxyl groups is 1. The summed E-state index contributed by atoms with van der Waals surface area (Å²) in [4.78, 5) is 81.9. The van der Waals surface area contributed by atoms with Crippen LogP contribution in [-0.2, 0) is 35.2 Å². The Labute approximate surface area is 279 Å². The van der Waals surface area contributed by atoms with Crippen LogP contribution in [0.1, 0.15) is 51.5 Å². The van der Waals surface area contributed by atoms with E-state index >= 15 is 0 Å². The van der Waals surface area contributed by atoms with Crippen molar-refractivity contribution in [1.82, 2.24) is 26.2 Å². The molecule has 48 heavy (non-hydrogen) atoms. The third-order valence-corrected chi connectivity index (χ3v) is 7.61. The highest BCUT2D eigenvalue weighted by Gasteiger charge is 2.38. The lowest BCUT2D eigenvalue weighted by Gasteiger charge is -2.29. The summed E-state index contributed by atoms with van der Waals surface area (Å²) in [7, 11) is 0. The monoisotopic (exact) mass is 675 g/mol. The summed E-state index contributed by atoms with van der Waals surface area (Å²) < 4.78 is 0. The molecule has 17 nitrogen and oxygen atoms in total. The van der Waals surface area contributed by atoms with E-state index in [0.717, 1.165) is 5.56 Å².